The minimum atomic E-state index is -0.198. The molecule has 32 heavy (non-hydrogen) atoms. The van der Waals surface area contributed by atoms with Crippen LogP contribution in [0.15, 0.2) is 65.3 Å². The average molecular weight is 446 g/mol. The van der Waals surface area contributed by atoms with E-state index in [1.54, 1.807) is 24.5 Å². The molecule has 5 rings (SSSR count). The van der Waals surface area contributed by atoms with E-state index < -0.39 is 0 Å². The van der Waals surface area contributed by atoms with Gasteiger partial charge in [-0.3, -0.25) is 9.59 Å². The number of amides is 2. The maximum atomic E-state index is 13.2. The Bertz CT molecular complexity index is 1270. The van der Waals surface area contributed by atoms with Gasteiger partial charge < -0.3 is 15.1 Å². The number of nitrogens with one attached hydrogen (secondary N) is 2. The van der Waals surface area contributed by atoms with Crippen molar-refractivity contribution in [2.45, 2.75) is 25.8 Å². The van der Waals surface area contributed by atoms with Gasteiger partial charge in [-0.2, -0.15) is 0 Å². The summed E-state index contributed by atoms with van der Waals surface area (Å²) in [5.41, 5.74) is 2.67. The van der Waals surface area contributed by atoms with Gasteiger partial charge in [0.1, 0.15) is 11.3 Å². The molecule has 0 aliphatic heterocycles. The van der Waals surface area contributed by atoms with E-state index in [0.29, 0.717) is 29.3 Å². The van der Waals surface area contributed by atoms with E-state index in [4.69, 9.17) is 4.42 Å². The molecular formula is C25H23N3O3S. The molecule has 0 saturated heterocycles. The van der Waals surface area contributed by atoms with E-state index in [1.807, 2.05) is 43.3 Å². The van der Waals surface area contributed by atoms with Crippen molar-refractivity contribution in [3.05, 3.63) is 77.1 Å². The smallest absolute Gasteiger partial charge is 0.271 e. The van der Waals surface area contributed by atoms with Crippen molar-refractivity contribution in [1.29, 1.82) is 0 Å². The number of hydrogen-bond donors (Lipinski definition) is 2. The number of fused-ring (bicyclic) bond motifs is 1. The highest BCUT2D eigenvalue weighted by Crippen LogP contribution is 2.34. The summed E-state index contributed by atoms with van der Waals surface area (Å²) in [6.45, 7) is 2.27. The minimum absolute atomic E-state index is 0.138. The zero-order valence-electron chi connectivity index (χ0n) is 17.6. The Kier molecular flexibility index (Phi) is 5.49. The van der Waals surface area contributed by atoms with E-state index in [-0.39, 0.29) is 17.9 Å². The molecule has 162 valence electrons. The Balaban J connectivity index is 1.30. The predicted octanol–water partition coefficient (Wildman–Crippen LogP) is 4.80. The lowest BCUT2D eigenvalue weighted by Gasteiger charge is -2.19. The average Bonchev–Trinajstić information content (AvgIpc) is 3.40. The first kappa shape index (κ1) is 20.5. The zero-order chi connectivity index (χ0) is 22.1. The molecule has 0 bridgehead atoms. The normalized spacial score (nSPS) is 14.3. The molecule has 2 N–H and O–H groups in total. The predicted molar refractivity (Wildman–Crippen MR) is 125 cm³/mol. The van der Waals surface area contributed by atoms with Gasteiger partial charge in [0.05, 0.1) is 21.7 Å². The van der Waals surface area contributed by atoms with Crippen molar-refractivity contribution in [3.63, 3.8) is 0 Å². The summed E-state index contributed by atoms with van der Waals surface area (Å²) in [5, 5.41) is 7.75. The largest absolute Gasteiger partial charge is 0.464 e. The van der Waals surface area contributed by atoms with Crippen LogP contribution < -0.4 is 10.6 Å². The fraction of sp³-hybridized carbons (Fsp3) is 0.240. The topological polar surface area (TPSA) is 84.2 Å². The maximum absolute atomic E-state index is 13.2. The minimum Gasteiger partial charge on any atom is -0.464 e. The quantitative estimate of drug-likeness (QED) is 0.428. The Morgan fingerprint density at radius 2 is 1.91 bits per heavy atom. The summed E-state index contributed by atoms with van der Waals surface area (Å²) in [6.07, 6.45) is 3.66. The molecule has 6 nitrogen and oxygen atoms in total. The molecule has 0 unspecified atom stereocenters. The second kappa shape index (κ2) is 8.59. The number of nitrogens with zero attached hydrogens (tertiary/aromatic N) is 1. The lowest BCUT2D eigenvalue weighted by Crippen LogP contribution is -2.45. The van der Waals surface area contributed by atoms with Gasteiger partial charge in [0.25, 0.3) is 11.8 Å². The molecule has 0 radical (unpaired) electrons. The van der Waals surface area contributed by atoms with Crippen molar-refractivity contribution in [1.82, 2.24) is 15.6 Å². The third-order valence-corrected chi connectivity index (χ3v) is 6.74. The van der Waals surface area contributed by atoms with Gasteiger partial charge in [-0.15, -0.1) is 11.3 Å². The number of rotatable bonds is 7. The Morgan fingerprint density at radius 1 is 1.09 bits per heavy atom. The summed E-state index contributed by atoms with van der Waals surface area (Å²) >= 11 is 1.51. The third-order valence-electron chi connectivity index (χ3n) is 5.72. The van der Waals surface area contributed by atoms with Crippen molar-refractivity contribution >= 4 is 34.1 Å². The number of thiazole rings is 1. The lowest BCUT2D eigenvalue weighted by atomic mass is 10.1. The molecule has 4 aromatic rings. The highest BCUT2D eigenvalue weighted by Gasteiger charge is 2.34. The molecule has 1 saturated carbocycles. The van der Waals surface area contributed by atoms with E-state index in [1.165, 1.54) is 11.3 Å². The number of carbonyl (C=O) groups excluding carboxylic acids is 2. The van der Waals surface area contributed by atoms with Crippen LogP contribution in [-0.4, -0.2) is 29.4 Å². The molecule has 1 atom stereocenters. The van der Waals surface area contributed by atoms with E-state index in [9.17, 15) is 9.59 Å². The number of benzene rings is 2. The number of carbonyl (C=O) groups is 2. The number of furan rings is 1. The van der Waals surface area contributed by atoms with Crippen molar-refractivity contribution < 1.29 is 14.0 Å². The van der Waals surface area contributed by atoms with E-state index >= 15 is 0 Å². The third kappa shape index (κ3) is 4.16. The van der Waals surface area contributed by atoms with Gasteiger partial charge in [0.2, 0.25) is 0 Å². The van der Waals surface area contributed by atoms with Crippen LogP contribution in [-0.2, 0) is 0 Å². The summed E-state index contributed by atoms with van der Waals surface area (Å²) in [6, 6.07) is 16.9. The molecule has 1 fully saturated rings. The molecule has 2 aromatic heterocycles. The highest BCUT2D eigenvalue weighted by molar-refractivity contribution is 7.15. The summed E-state index contributed by atoms with van der Waals surface area (Å²) in [5.74, 6) is -0.00783. The van der Waals surface area contributed by atoms with Crippen LogP contribution >= 0.6 is 11.3 Å². The fourth-order valence-corrected chi connectivity index (χ4v) is 4.85. The molecular weight excluding hydrogens is 422 g/mol. The molecule has 2 heterocycles. The van der Waals surface area contributed by atoms with Crippen molar-refractivity contribution in [2.24, 2.45) is 5.92 Å². The Morgan fingerprint density at radius 3 is 2.69 bits per heavy atom. The second-order valence-electron chi connectivity index (χ2n) is 8.04. The maximum Gasteiger partial charge on any atom is 0.271 e. The molecule has 7 heteroatoms. The van der Waals surface area contributed by atoms with Crippen molar-refractivity contribution in [2.75, 3.05) is 6.54 Å². The lowest BCUT2D eigenvalue weighted by molar-refractivity contribution is 0.0901. The summed E-state index contributed by atoms with van der Waals surface area (Å²) in [4.78, 5) is 31.3. The van der Waals surface area contributed by atoms with Crippen LogP contribution in [0.2, 0.25) is 0 Å². The molecule has 1 aliphatic carbocycles. The van der Waals surface area contributed by atoms with Gasteiger partial charge in [-0.05, 0) is 49.4 Å². The van der Waals surface area contributed by atoms with E-state index in [0.717, 1.165) is 33.7 Å². The molecule has 2 amide bonds. The SMILES string of the molecule is Cc1nc(C(=O)N[C@@H](CNC(=O)c2cccc3occc23)C2CC2)c(-c2ccccc2)s1. The van der Waals surface area contributed by atoms with Crippen LogP contribution in [0.25, 0.3) is 21.4 Å². The molecule has 0 spiro atoms. The van der Waals surface area contributed by atoms with Crippen LogP contribution in [0.5, 0.6) is 0 Å². The summed E-state index contributed by atoms with van der Waals surface area (Å²) < 4.78 is 5.39. The van der Waals surface area contributed by atoms with Gasteiger partial charge >= 0.3 is 0 Å². The first-order valence-corrected chi connectivity index (χ1v) is 11.5. The van der Waals surface area contributed by atoms with Gasteiger partial charge in [0.15, 0.2) is 0 Å². The number of aromatic nitrogens is 1. The van der Waals surface area contributed by atoms with Gasteiger partial charge in [-0.1, -0.05) is 36.4 Å². The fourth-order valence-electron chi connectivity index (χ4n) is 3.93. The number of aryl methyl sites for hydroxylation is 1. The molecule has 2 aromatic carbocycles. The standard InChI is InChI=1S/C25H23N3O3S/c1-15-27-22(23(32-15)17-6-3-2-4-7-17)25(30)28-20(16-10-11-16)14-26-24(29)19-8-5-9-21-18(19)12-13-31-21/h2-9,12-13,16,20H,10-11,14H2,1H3,(H,26,29)(H,28,30)/t20-/m0/s1. The van der Waals surface area contributed by atoms with Gasteiger partial charge in [0, 0.05) is 18.0 Å². The van der Waals surface area contributed by atoms with Crippen LogP contribution in [0.4, 0.5) is 0 Å². The zero-order valence-corrected chi connectivity index (χ0v) is 18.4. The first-order valence-electron chi connectivity index (χ1n) is 10.7. The van der Waals surface area contributed by atoms with E-state index in [2.05, 4.69) is 15.6 Å². The van der Waals surface area contributed by atoms with Crippen LogP contribution in [0, 0.1) is 12.8 Å². The van der Waals surface area contributed by atoms with Crippen LogP contribution in [0.1, 0.15) is 38.7 Å². The monoisotopic (exact) mass is 445 g/mol. The summed E-state index contributed by atoms with van der Waals surface area (Å²) in [7, 11) is 0. The Hall–Kier alpha value is -3.45. The highest BCUT2D eigenvalue weighted by atomic mass is 32.1. The van der Waals surface area contributed by atoms with Crippen LogP contribution in [0.3, 0.4) is 0 Å². The Labute approximate surface area is 189 Å². The second-order valence-corrected chi connectivity index (χ2v) is 9.25. The van der Waals surface area contributed by atoms with Gasteiger partial charge in [-0.25, -0.2) is 4.98 Å². The first-order chi connectivity index (χ1) is 15.6. The van der Waals surface area contributed by atoms with Crippen molar-refractivity contribution in [3.8, 4) is 10.4 Å². The number of hydrogen-bond acceptors (Lipinski definition) is 5. The molecule has 1 aliphatic rings.